The van der Waals surface area contributed by atoms with E-state index >= 15 is 0 Å². The summed E-state index contributed by atoms with van der Waals surface area (Å²) >= 11 is 12.0. The Labute approximate surface area is 186 Å². The summed E-state index contributed by atoms with van der Waals surface area (Å²) in [7, 11) is 1.55. The minimum absolute atomic E-state index is 0.0500. The number of carbonyl (C=O) groups is 2. The maximum absolute atomic E-state index is 12.3. The first-order chi connectivity index (χ1) is 14.0. The van der Waals surface area contributed by atoms with E-state index in [9.17, 15) is 14.7 Å². The fourth-order valence-corrected chi connectivity index (χ4v) is 2.79. The summed E-state index contributed by atoms with van der Waals surface area (Å²) in [5.74, 6) is -0.340. The fraction of sp³-hybridized carbons (Fsp3) is 0.364. The molecule has 2 atom stereocenters. The van der Waals surface area contributed by atoms with Crippen molar-refractivity contribution in [1.29, 1.82) is 0 Å². The minimum Gasteiger partial charge on any atom is -0.444 e. The minimum atomic E-state index is -0.977. The average Bonchev–Trinajstić information content (AvgIpc) is 2.67. The van der Waals surface area contributed by atoms with Crippen molar-refractivity contribution in [3.8, 4) is 5.75 Å². The number of hydrogen-bond donors (Lipinski definition) is 1. The summed E-state index contributed by atoms with van der Waals surface area (Å²) in [5.41, 5.74) is 0.516. The zero-order valence-corrected chi connectivity index (χ0v) is 18.8. The third kappa shape index (κ3) is 7.20. The highest BCUT2D eigenvalue weighted by Gasteiger charge is 2.23. The molecule has 0 saturated carbocycles. The molecule has 0 aliphatic rings. The van der Waals surface area contributed by atoms with Gasteiger partial charge in [-0.3, -0.25) is 0 Å². The van der Waals surface area contributed by atoms with Crippen molar-refractivity contribution in [3.05, 3.63) is 64.7 Å². The van der Waals surface area contributed by atoms with Crippen LogP contribution in [-0.2, 0) is 9.53 Å². The Morgan fingerprint density at radius 2 is 1.57 bits per heavy atom. The lowest BCUT2D eigenvalue weighted by Crippen LogP contribution is -2.36. The highest BCUT2D eigenvalue weighted by Crippen LogP contribution is 2.26. The highest BCUT2D eigenvalue weighted by molar-refractivity contribution is 6.31. The lowest BCUT2D eigenvalue weighted by molar-refractivity contribution is -0.134. The van der Waals surface area contributed by atoms with Crippen LogP contribution in [0.15, 0.2) is 48.5 Å². The molecule has 1 N–H and O–H groups in total. The topological polar surface area (TPSA) is 76.1 Å². The van der Waals surface area contributed by atoms with E-state index in [1.165, 1.54) is 4.90 Å². The van der Waals surface area contributed by atoms with Crippen molar-refractivity contribution in [2.75, 3.05) is 13.6 Å². The largest absolute Gasteiger partial charge is 0.444 e. The van der Waals surface area contributed by atoms with Crippen molar-refractivity contribution in [2.24, 2.45) is 0 Å². The Balaban J connectivity index is 1.94. The quantitative estimate of drug-likeness (QED) is 0.372. The molecule has 0 spiro atoms. The van der Waals surface area contributed by atoms with E-state index in [0.717, 1.165) is 0 Å². The van der Waals surface area contributed by atoms with Crippen molar-refractivity contribution < 1.29 is 24.2 Å². The van der Waals surface area contributed by atoms with Crippen LogP contribution < -0.4 is 4.74 Å². The summed E-state index contributed by atoms with van der Waals surface area (Å²) < 4.78 is 10.6. The number of alkyl halides is 1. The lowest BCUT2D eigenvalue weighted by atomic mass is 10.1. The number of halogens is 2. The number of carbonyl (C=O) groups excluding carboxylic acids is 2. The predicted octanol–water partition coefficient (Wildman–Crippen LogP) is 5.13. The molecule has 2 aromatic rings. The second-order valence-corrected chi connectivity index (χ2v) is 8.65. The van der Waals surface area contributed by atoms with Crippen LogP contribution in [0.2, 0.25) is 5.02 Å². The van der Waals surface area contributed by atoms with Gasteiger partial charge in [0.25, 0.3) is 0 Å². The number of nitrogens with zero attached hydrogens (tertiary/aromatic N) is 1. The van der Waals surface area contributed by atoms with Crippen LogP contribution in [0.1, 0.15) is 43.4 Å². The molecule has 0 bridgehead atoms. The van der Waals surface area contributed by atoms with E-state index in [1.807, 2.05) is 0 Å². The third-order valence-electron chi connectivity index (χ3n) is 4.00. The molecule has 0 aliphatic heterocycles. The van der Waals surface area contributed by atoms with Crippen LogP contribution in [-0.4, -0.2) is 41.3 Å². The van der Waals surface area contributed by atoms with Gasteiger partial charge in [0.2, 0.25) is 0 Å². The number of rotatable bonds is 6. The molecular weight excluding hydrogens is 429 g/mol. The van der Waals surface area contributed by atoms with Gasteiger partial charge in [0, 0.05) is 12.1 Å². The smallest absolute Gasteiger partial charge is 0.410 e. The highest BCUT2D eigenvalue weighted by atomic mass is 35.5. The van der Waals surface area contributed by atoms with E-state index in [4.69, 9.17) is 32.7 Å². The summed E-state index contributed by atoms with van der Waals surface area (Å²) in [6.45, 7) is 5.36. The molecule has 0 saturated heterocycles. The normalized spacial score (nSPS) is 13.3. The van der Waals surface area contributed by atoms with E-state index in [0.29, 0.717) is 16.1 Å². The number of esters is 1. The van der Waals surface area contributed by atoms with Crippen molar-refractivity contribution in [3.63, 3.8) is 0 Å². The molecule has 2 rings (SSSR count). The van der Waals surface area contributed by atoms with Gasteiger partial charge in [-0.15, -0.1) is 11.6 Å². The Morgan fingerprint density at radius 1 is 1.03 bits per heavy atom. The van der Waals surface area contributed by atoms with Crippen LogP contribution in [0, 0.1) is 0 Å². The first-order valence-corrected chi connectivity index (χ1v) is 10.1. The van der Waals surface area contributed by atoms with Crippen LogP contribution in [0.25, 0.3) is 0 Å². The second kappa shape index (κ2) is 10.2. The average molecular weight is 454 g/mol. The summed E-state index contributed by atoms with van der Waals surface area (Å²) in [6, 6.07) is 12.9. The van der Waals surface area contributed by atoms with E-state index in [1.54, 1.807) is 76.3 Å². The van der Waals surface area contributed by atoms with Crippen molar-refractivity contribution in [2.45, 2.75) is 37.9 Å². The van der Waals surface area contributed by atoms with Gasteiger partial charge in [0.15, 0.2) is 5.38 Å². The van der Waals surface area contributed by atoms with Crippen LogP contribution >= 0.6 is 23.2 Å². The Hall–Kier alpha value is -2.28. The first-order valence-electron chi connectivity index (χ1n) is 9.29. The SMILES string of the molecule is CN(CC(O)c1ccc(OC(=O)C(Cl)c2ccc(Cl)cc2)cc1)C(=O)OC(C)(C)C. The Bertz CT molecular complexity index is 863. The first kappa shape index (κ1) is 24.0. The maximum Gasteiger partial charge on any atom is 0.410 e. The predicted molar refractivity (Wildman–Crippen MR) is 116 cm³/mol. The molecule has 30 heavy (non-hydrogen) atoms. The third-order valence-corrected chi connectivity index (χ3v) is 4.69. The number of benzene rings is 2. The number of amides is 1. The molecule has 2 aromatic carbocycles. The fourth-order valence-electron chi connectivity index (χ4n) is 2.47. The number of hydrogen-bond acceptors (Lipinski definition) is 5. The zero-order chi connectivity index (χ0) is 22.5. The molecule has 0 fully saturated rings. The van der Waals surface area contributed by atoms with E-state index in [2.05, 4.69) is 0 Å². The summed E-state index contributed by atoms with van der Waals surface area (Å²) in [6.07, 6.45) is -1.45. The van der Waals surface area contributed by atoms with E-state index in [-0.39, 0.29) is 12.3 Å². The molecular formula is C22H25Cl2NO5. The van der Waals surface area contributed by atoms with E-state index < -0.39 is 29.1 Å². The summed E-state index contributed by atoms with van der Waals surface area (Å²) in [4.78, 5) is 25.6. The molecule has 0 radical (unpaired) electrons. The standard InChI is InChI=1S/C22H25Cl2NO5/c1-22(2,3)30-21(28)25(4)13-18(26)14-7-11-17(12-8-14)29-20(27)19(24)15-5-9-16(23)10-6-15/h5-12,18-19,26H,13H2,1-4H3. The van der Waals surface area contributed by atoms with Crippen LogP contribution in [0.3, 0.4) is 0 Å². The van der Waals surface area contributed by atoms with Gasteiger partial charge in [-0.05, 0) is 56.2 Å². The number of aliphatic hydroxyl groups excluding tert-OH is 1. The molecule has 162 valence electrons. The monoisotopic (exact) mass is 453 g/mol. The van der Waals surface area contributed by atoms with Crippen molar-refractivity contribution in [1.82, 2.24) is 4.90 Å². The Morgan fingerprint density at radius 3 is 2.10 bits per heavy atom. The molecule has 0 heterocycles. The van der Waals surface area contributed by atoms with Crippen LogP contribution in [0.5, 0.6) is 5.75 Å². The molecule has 6 nitrogen and oxygen atoms in total. The Kier molecular flexibility index (Phi) is 8.12. The van der Waals surface area contributed by atoms with Gasteiger partial charge in [-0.25, -0.2) is 9.59 Å². The molecule has 1 amide bonds. The van der Waals surface area contributed by atoms with Gasteiger partial charge < -0.3 is 19.5 Å². The molecule has 2 unspecified atom stereocenters. The maximum atomic E-state index is 12.3. The van der Waals surface area contributed by atoms with Gasteiger partial charge in [-0.2, -0.15) is 0 Å². The molecule has 0 aliphatic carbocycles. The zero-order valence-electron chi connectivity index (χ0n) is 17.3. The second-order valence-electron chi connectivity index (χ2n) is 7.78. The number of likely N-dealkylation sites (N-methyl/N-ethyl adjacent to an activating group) is 1. The number of aliphatic hydroxyl groups is 1. The van der Waals surface area contributed by atoms with Crippen LogP contribution in [0.4, 0.5) is 4.79 Å². The van der Waals surface area contributed by atoms with Gasteiger partial charge in [0.1, 0.15) is 11.4 Å². The molecule has 0 aromatic heterocycles. The summed E-state index contributed by atoms with van der Waals surface area (Å²) in [5, 5.41) is 9.95. The number of ether oxygens (including phenoxy) is 2. The van der Waals surface area contributed by atoms with Gasteiger partial charge in [-0.1, -0.05) is 35.9 Å². The molecule has 8 heteroatoms. The van der Waals surface area contributed by atoms with Gasteiger partial charge in [0.05, 0.1) is 12.6 Å². The van der Waals surface area contributed by atoms with Gasteiger partial charge >= 0.3 is 12.1 Å². The lowest BCUT2D eigenvalue weighted by Gasteiger charge is -2.26. The van der Waals surface area contributed by atoms with Crippen molar-refractivity contribution >= 4 is 35.3 Å².